The lowest BCUT2D eigenvalue weighted by Crippen LogP contribution is -2.51. The smallest absolute Gasteiger partial charge is 0.355 e. The standard InChI is InChI=1S/C27H26ClF4N3O4S/c1-3-33-26(37)18(2)34(16-19-9-11-20(29)12-10-19)25(36)17-35(40(38,39)22-7-5-4-6-8-22)21-13-14-24(28)23(15-21)27(30,31)32/h4-15,18H,3,16-17H2,1-2H3,(H,33,37)/t18-/m0/s1. The molecule has 0 unspecified atom stereocenters. The Hall–Kier alpha value is -3.64. The van der Waals surface area contributed by atoms with E-state index in [-0.39, 0.29) is 18.0 Å². The highest BCUT2D eigenvalue weighted by atomic mass is 35.5. The van der Waals surface area contributed by atoms with Crippen molar-refractivity contribution in [3.05, 3.63) is 94.8 Å². The van der Waals surface area contributed by atoms with Crippen molar-refractivity contribution < 1.29 is 35.6 Å². The quantitative estimate of drug-likeness (QED) is 0.323. The lowest BCUT2D eigenvalue weighted by Gasteiger charge is -2.32. The zero-order chi connectivity index (χ0) is 29.7. The molecule has 0 spiro atoms. The van der Waals surface area contributed by atoms with Gasteiger partial charge in [-0.2, -0.15) is 13.2 Å². The van der Waals surface area contributed by atoms with Crippen LogP contribution in [0.15, 0.2) is 77.7 Å². The van der Waals surface area contributed by atoms with Gasteiger partial charge in [-0.25, -0.2) is 12.8 Å². The van der Waals surface area contributed by atoms with Crippen molar-refractivity contribution in [2.24, 2.45) is 0 Å². The first-order valence-corrected chi connectivity index (χ1v) is 13.8. The van der Waals surface area contributed by atoms with Crippen molar-refractivity contribution in [1.29, 1.82) is 0 Å². The number of hydrogen-bond donors (Lipinski definition) is 1. The van der Waals surface area contributed by atoms with Crippen molar-refractivity contribution in [3.63, 3.8) is 0 Å². The third kappa shape index (κ3) is 7.30. The average molecular weight is 600 g/mol. The molecule has 0 saturated heterocycles. The summed E-state index contributed by atoms with van der Waals surface area (Å²) in [5.41, 5.74) is -1.30. The van der Waals surface area contributed by atoms with Crippen LogP contribution in [0, 0.1) is 5.82 Å². The molecule has 214 valence electrons. The van der Waals surface area contributed by atoms with Crippen LogP contribution in [0.1, 0.15) is 25.0 Å². The molecule has 0 aliphatic rings. The van der Waals surface area contributed by atoms with Gasteiger partial charge >= 0.3 is 6.18 Å². The van der Waals surface area contributed by atoms with Gasteiger partial charge in [-0.3, -0.25) is 13.9 Å². The minimum atomic E-state index is -4.90. The molecule has 3 rings (SSSR count). The molecule has 0 heterocycles. The largest absolute Gasteiger partial charge is 0.417 e. The number of carbonyl (C=O) groups is 2. The van der Waals surface area contributed by atoms with Gasteiger partial charge in [-0.1, -0.05) is 41.9 Å². The molecule has 2 amide bonds. The molecule has 13 heteroatoms. The van der Waals surface area contributed by atoms with Crippen molar-refractivity contribution in [2.45, 2.75) is 37.5 Å². The van der Waals surface area contributed by atoms with Crippen LogP contribution in [-0.4, -0.2) is 44.3 Å². The van der Waals surface area contributed by atoms with Crippen molar-refractivity contribution in [3.8, 4) is 0 Å². The van der Waals surface area contributed by atoms with Gasteiger partial charge in [0.25, 0.3) is 10.0 Å². The van der Waals surface area contributed by atoms with Crippen LogP contribution in [0.25, 0.3) is 0 Å². The van der Waals surface area contributed by atoms with E-state index in [9.17, 15) is 35.6 Å². The minimum absolute atomic E-state index is 0.203. The first kappa shape index (κ1) is 30.9. The Morgan fingerprint density at radius 2 is 1.62 bits per heavy atom. The number of amides is 2. The van der Waals surface area contributed by atoms with E-state index in [1.807, 2.05) is 0 Å². The van der Waals surface area contributed by atoms with E-state index in [1.165, 1.54) is 43.3 Å². The van der Waals surface area contributed by atoms with Crippen LogP contribution in [0.4, 0.5) is 23.2 Å². The van der Waals surface area contributed by atoms with Crippen LogP contribution in [0.3, 0.4) is 0 Å². The minimum Gasteiger partial charge on any atom is -0.355 e. The van der Waals surface area contributed by atoms with E-state index in [0.717, 1.165) is 29.2 Å². The summed E-state index contributed by atoms with van der Waals surface area (Å²) < 4.78 is 82.2. The molecule has 0 fully saturated rings. The fourth-order valence-corrected chi connectivity index (χ4v) is 5.48. The van der Waals surface area contributed by atoms with Gasteiger partial charge in [-0.05, 0) is 61.9 Å². The second kappa shape index (κ2) is 12.7. The Kier molecular flexibility index (Phi) is 9.80. The van der Waals surface area contributed by atoms with Gasteiger partial charge in [-0.15, -0.1) is 0 Å². The highest BCUT2D eigenvalue weighted by Crippen LogP contribution is 2.38. The summed E-state index contributed by atoms with van der Waals surface area (Å²) in [6.07, 6.45) is -4.90. The predicted octanol–water partition coefficient (Wildman–Crippen LogP) is 5.25. The van der Waals surface area contributed by atoms with Gasteiger partial charge in [0.05, 0.1) is 21.2 Å². The molecule has 0 aliphatic carbocycles. The predicted molar refractivity (Wildman–Crippen MR) is 143 cm³/mol. The van der Waals surface area contributed by atoms with Gasteiger partial charge in [0.15, 0.2) is 0 Å². The molecule has 0 bridgehead atoms. The molecular weight excluding hydrogens is 574 g/mol. The summed E-state index contributed by atoms with van der Waals surface area (Å²) in [5, 5.41) is 1.93. The molecule has 40 heavy (non-hydrogen) atoms. The molecule has 0 aliphatic heterocycles. The Balaban J connectivity index is 2.10. The summed E-state index contributed by atoms with van der Waals surface area (Å²) in [7, 11) is -4.57. The third-order valence-electron chi connectivity index (χ3n) is 5.94. The number of rotatable bonds is 10. The average Bonchev–Trinajstić information content (AvgIpc) is 2.91. The van der Waals surface area contributed by atoms with Gasteiger partial charge < -0.3 is 10.2 Å². The number of alkyl halides is 3. The Morgan fingerprint density at radius 3 is 2.20 bits per heavy atom. The van der Waals surface area contributed by atoms with E-state index < -0.39 is 62.7 Å². The van der Waals surface area contributed by atoms with Gasteiger partial charge in [0, 0.05) is 13.1 Å². The molecule has 1 atom stereocenters. The molecule has 0 radical (unpaired) electrons. The van der Waals surface area contributed by atoms with E-state index in [2.05, 4.69) is 5.32 Å². The molecule has 7 nitrogen and oxygen atoms in total. The molecular formula is C27H26ClF4N3O4S. The lowest BCUT2D eigenvalue weighted by atomic mass is 10.1. The van der Waals surface area contributed by atoms with Crippen LogP contribution in [-0.2, 0) is 32.3 Å². The van der Waals surface area contributed by atoms with Gasteiger partial charge in [0.1, 0.15) is 18.4 Å². The number of halogens is 5. The first-order chi connectivity index (χ1) is 18.8. The van der Waals surface area contributed by atoms with Crippen molar-refractivity contribution in [2.75, 3.05) is 17.4 Å². The maximum atomic E-state index is 13.7. The number of benzene rings is 3. The number of nitrogens with one attached hydrogen (secondary N) is 1. The summed E-state index contributed by atoms with van der Waals surface area (Å²) in [4.78, 5) is 27.2. The van der Waals surface area contributed by atoms with E-state index >= 15 is 0 Å². The number of likely N-dealkylation sites (N-methyl/N-ethyl adjacent to an activating group) is 1. The Labute approximate surface area is 234 Å². The topological polar surface area (TPSA) is 86.8 Å². The number of carbonyl (C=O) groups excluding carboxylic acids is 2. The Bertz CT molecular complexity index is 1450. The zero-order valence-electron chi connectivity index (χ0n) is 21.5. The number of sulfonamides is 1. The van der Waals surface area contributed by atoms with Crippen LogP contribution >= 0.6 is 11.6 Å². The number of nitrogens with zero attached hydrogens (tertiary/aromatic N) is 2. The number of anilines is 1. The Morgan fingerprint density at radius 1 is 1.00 bits per heavy atom. The summed E-state index contributed by atoms with van der Waals surface area (Å²) >= 11 is 5.75. The SMILES string of the molecule is CCNC(=O)[C@H](C)N(Cc1ccc(F)cc1)C(=O)CN(c1ccc(Cl)c(C(F)(F)F)c1)S(=O)(=O)c1ccccc1. The molecule has 0 aromatic heterocycles. The first-order valence-electron chi connectivity index (χ1n) is 12.0. The number of hydrogen-bond acceptors (Lipinski definition) is 4. The second-order valence-electron chi connectivity index (χ2n) is 8.71. The van der Waals surface area contributed by atoms with Crippen LogP contribution in [0.5, 0.6) is 0 Å². The maximum Gasteiger partial charge on any atom is 0.417 e. The van der Waals surface area contributed by atoms with Crippen LogP contribution in [0.2, 0.25) is 5.02 Å². The monoisotopic (exact) mass is 599 g/mol. The second-order valence-corrected chi connectivity index (χ2v) is 11.0. The molecule has 3 aromatic carbocycles. The summed E-state index contributed by atoms with van der Waals surface area (Å²) in [5.74, 6) is -1.95. The highest BCUT2D eigenvalue weighted by Gasteiger charge is 2.36. The molecule has 3 aromatic rings. The highest BCUT2D eigenvalue weighted by molar-refractivity contribution is 7.92. The normalized spacial score (nSPS) is 12.5. The summed E-state index contributed by atoms with van der Waals surface area (Å²) in [6.45, 7) is 2.20. The van der Waals surface area contributed by atoms with E-state index in [4.69, 9.17) is 11.6 Å². The van der Waals surface area contributed by atoms with Crippen molar-refractivity contribution in [1.82, 2.24) is 10.2 Å². The van der Waals surface area contributed by atoms with E-state index in [1.54, 1.807) is 13.0 Å². The molecule has 0 saturated carbocycles. The zero-order valence-corrected chi connectivity index (χ0v) is 23.0. The lowest BCUT2D eigenvalue weighted by molar-refractivity contribution is -0.139. The van der Waals surface area contributed by atoms with Gasteiger partial charge in [0.2, 0.25) is 11.8 Å². The fraction of sp³-hybridized carbons (Fsp3) is 0.259. The molecule has 1 N–H and O–H groups in total. The van der Waals surface area contributed by atoms with Crippen molar-refractivity contribution >= 4 is 39.1 Å². The fourth-order valence-electron chi connectivity index (χ4n) is 3.83. The third-order valence-corrected chi connectivity index (χ3v) is 8.06. The van der Waals surface area contributed by atoms with Crippen LogP contribution < -0.4 is 9.62 Å². The van der Waals surface area contributed by atoms with E-state index in [0.29, 0.717) is 15.9 Å². The maximum absolute atomic E-state index is 13.7. The summed E-state index contributed by atoms with van der Waals surface area (Å²) in [6, 6.07) is 13.4.